The molecule has 0 unspecified atom stereocenters. The van der Waals surface area contributed by atoms with E-state index in [9.17, 15) is 0 Å². The zero-order chi connectivity index (χ0) is 18.2. The second kappa shape index (κ2) is 10.9. The van der Waals surface area contributed by atoms with Crippen molar-refractivity contribution in [1.29, 1.82) is 0 Å². The van der Waals surface area contributed by atoms with Gasteiger partial charge in [-0.05, 0) is 37.0 Å². The Morgan fingerprint density at radius 3 is 2.59 bits per heavy atom. The number of hydrogen-bond donors (Lipinski definition) is 2. The van der Waals surface area contributed by atoms with Crippen LogP contribution in [0.1, 0.15) is 37.7 Å². The Morgan fingerprint density at radius 1 is 1.15 bits per heavy atom. The van der Waals surface area contributed by atoms with Crippen molar-refractivity contribution in [1.82, 2.24) is 10.6 Å². The second-order valence-corrected chi connectivity index (χ2v) is 7.04. The monoisotopic (exact) mass is 489 g/mol. The van der Waals surface area contributed by atoms with Gasteiger partial charge in [0.25, 0.3) is 0 Å². The summed E-state index contributed by atoms with van der Waals surface area (Å²) in [5.74, 6) is 2.59. The minimum absolute atomic E-state index is 0. The van der Waals surface area contributed by atoms with E-state index in [1.165, 1.54) is 31.2 Å². The number of ether oxygens (including phenoxy) is 3. The molecule has 0 radical (unpaired) electrons. The molecule has 0 saturated heterocycles. The number of fused-ring (bicyclic) bond motifs is 1. The molecule has 27 heavy (non-hydrogen) atoms. The van der Waals surface area contributed by atoms with Crippen molar-refractivity contribution >= 4 is 29.9 Å². The van der Waals surface area contributed by atoms with Crippen LogP contribution < -0.4 is 20.1 Å². The van der Waals surface area contributed by atoms with Crippen molar-refractivity contribution in [2.24, 2.45) is 4.99 Å². The average molecular weight is 489 g/mol. The fraction of sp³-hybridized carbons (Fsp3) is 0.650. The maximum atomic E-state index is 5.80. The molecule has 0 aromatic heterocycles. The smallest absolute Gasteiger partial charge is 0.191 e. The zero-order valence-electron chi connectivity index (χ0n) is 16.4. The summed E-state index contributed by atoms with van der Waals surface area (Å²) in [6.07, 6.45) is 5.84. The fourth-order valence-corrected chi connectivity index (χ4v) is 3.89. The third-order valence-electron chi connectivity index (χ3n) is 5.35. The number of nitrogens with zero attached hydrogens (tertiary/aromatic N) is 1. The lowest BCUT2D eigenvalue weighted by Gasteiger charge is -2.32. The van der Waals surface area contributed by atoms with E-state index < -0.39 is 0 Å². The van der Waals surface area contributed by atoms with E-state index in [-0.39, 0.29) is 29.4 Å². The molecule has 3 rings (SSSR count). The number of hydrogen-bond acceptors (Lipinski definition) is 4. The number of rotatable bonds is 7. The van der Waals surface area contributed by atoms with Crippen molar-refractivity contribution < 1.29 is 14.2 Å². The molecule has 0 amide bonds. The first-order chi connectivity index (χ1) is 12.8. The van der Waals surface area contributed by atoms with Gasteiger partial charge in [0.15, 0.2) is 17.5 Å². The summed E-state index contributed by atoms with van der Waals surface area (Å²) >= 11 is 0. The first-order valence-electron chi connectivity index (χ1n) is 9.61. The molecule has 1 aliphatic carbocycles. The van der Waals surface area contributed by atoms with Gasteiger partial charge in [0.1, 0.15) is 13.2 Å². The average Bonchev–Trinajstić information content (AvgIpc) is 3.17. The summed E-state index contributed by atoms with van der Waals surface area (Å²) in [5.41, 5.74) is 1.46. The second-order valence-electron chi connectivity index (χ2n) is 7.04. The van der Waals surface area contributed by atoms with Crippen LogP contribution in [0.15, 0.2) is 23.2 Å². The molecule has 0 atom stereocenters. The molecule has 7 heteroatoms. The normalized spacial score (nSPS) is 17.9. The molecule has 1 aromatic carbocycles. The summed E-state index contributed by atoms with van der Waals surface area (Å²) in [5, 5.41) is 6.89. The summed E-state index contributed by atoms with van der Waals surface area (Å²) in [6.45, 7) is 3.73. The van der Waals surface area contributed by atoms with Gasteiger partial charge in [0, 0.05) is 39.3 Å². The van der Waals surface area contributed by atoms with Crippen LogP contribution in [0, 0.1) is 0 Å². The molecule has 1 aromatic rings. The van der Waals surface area contributed by atoms with Crippen molar-refractivity contribution in [3.05, 3.63) is 23.8 Å². The molecule has 1 aliphatic heterocycles. The number of guanidine groups is 1. The number of methoxy groups -OCH3 is 1. The maximum Gasteiger partial charge on any atom is 0.191 e. The van der Waals surface area contributed by atoms with E-state index in [4.69, 9.17) is 14.2 Å². The predicted octanol–water partition coefficient (Wildman–Crippen LogP) is 3.09. The Morgan fingerprint density at radius 2 is 1.89 bits per heavy atom. The van der Waals surface area contributed by atoms with Crippen LogP contribution >= 0.6 is 24.0 Å². The third kappa shape index (κ3) is 5.63. The van der Waals surface area contributed by atoms with Crippen molar-refractivity contribution in [2.75, 3.05) is 47.1 Å². The van der Waals surface area contributed by atoms with Gasteiger partial charge in [-0.3, -0.25) is 4.99 Å². The molecular formula is C20H32IN3O3. The zero-order valence-corrected chi connectivity index (χ0v) is 18.7. The highest BCUT2D eigenvalue weighted by atomic mass is 127. The minimum atomic E-state index is 0. The molecule has 2 aliphatic rings. The number of nitrogens with one attached hydrogen (secondary N) is 2. The highest BCUT2D eigenvalue weighted by molar-refractivity contribution is 14.0. The molecule has 152 valence electrons. The van der Waals surface area contributed by atoms with Gasteiger partial charge in [-0.15, -0.1) is 24.0 Å². The Balaban J connectivity index is 0.00000261. The third-order valence-corrected chi connectivity index (χ3v) is 5.35. The SMILES string of the molecule is CN=C(NCCCOC)NCC1(c2ccc3c(c2)OCCO3)CCCC1.I. The number of halogens is 1. The van der Waals surface area contributed by atoms with Gasteiger partial charge in [-0.1, -0.05) is 18.9 Å². The van der Waals surface area contributed by atoms with Crippen molar-refractivity contribution in [3.8, 4) is 11.5 Å². The fourth-order valence-electron chi connectivity index (χ4n) is 3.89. The van der Waals surface area contributed by atoms with Gasteiger partial charge in [-0.2, -0.15) is 0 Å². The molecule has 1 fully saturated rings. The van der Waals surface area contributed by atoms with E-state index >= 15 is 0 Å². The lowest BCUT2D eigenvalue weighted by Crippen LogP contribution is -2.45. The van der Waals surface area contributed by atoms with Gasteiger partial charge in [0.2, 0.25) is 0 Å². The Labute approximate surface area is 179 Å². The Bertz CT molecular complexity index is 618. The molecule has 1 saturated carbocycles. The molecule has 2 N–H and O–H groups in total. The highest BCUT2D eigenvalue weighted by Crippen LogP contribution is 2.43. The first-order valence-corrected chi connectivity index (χ1v) is 9.61. The van der Waals surface area contributed by atoms with E-state index in [1.54, 1.807) is 7.11 Å². The Hall–Kier alpha value is -1.22. The molecule has 0 spiro atoms. The highest BCUT2D eigenvalue weighted by Gasteiger charge is 2.36. The Kier molecular flexibility index (Phi) is 8.95. The lowest BCUT2D eigenvalue weighted by atomic mass is 9.78. The van der Waals surface area contributed by atoms with E-state index in [0.717, 1.165) is 43.6 Å². The predicted molar refractivity (Wildman–Crippen MR) is 119 cm³/mol. The van der Waals surface area contributed by atoms with Gasteiger partial charge < -0.3 is 24.8 Å². The summed E-state index contributed by atoms with van der Waals surface area (Å²) in [7, 11) is 3.54. The first kappa shape index (κ1) is 22.1. The van der Waals surface area contributed by atoms with Crippen LogP contribution in [-0.4, -0.2) is 53.0 Å². The number of benzene rings is 1. The van der Waals surface area contributed by atoms with Gasteiger partial charge in [0.05, 0.1) is 0 Å². The molecular weight excluding hydrogens is 457 g/mol. The summed E-state index contributed by atoms with van der Waals surface area (Å²) in [4.78, 5) is 4.35. The largest absolute Gasteiger partial charge is 0.486 e. The molecule has 6 nitrogen and oxygen atoms in total. The van der Waals surface area contributed by atoms with E-state index in [0.29, 0.717) is 13.2 Å². The van der Waals surface area contributed by atoms with E-state index in [2.05, 4.69) is 33.8 Å². The summed E-state index contributed by atoms with van der Waals surface area (Å²) in [6, 6.07) is 6.44. The quantitative estimate of drug-likeness (QED) is 0.267. The molecule has 0 bridgehead atoms. The van der Waals surface area contributed by atoms with Crippen LogP contribution in [0.2, 0.25) is 0 Å². The number of aliphatic imine (C=N–C) groups is 1. The van der Waals surface area contributed by atoms with Crippen molar-refractivity contribution in [3.63, 3.8) is 0 Å². The van der Waals surface area contributed by atoms with Crippen molar-refractivity contribution in [2.45, 2.75) is 37.5 Å². The van der Waals surface area contributed by atoms with Crippen LogP contribution in [0.25, 0.3) is 0 Å². The van der Waals surface area contributed by atoms with Crippen LogP contribution in [0.5, 0.6) is 11.5 Å². The lowest BCUT2D eigenvalue weighted by molar-refractivity contribution is 0.171. The summed E-state index contributed by atoms with van der Waals surface area (Å²) < 4.78 is 16.6. The van der Waals surface area contributed by atoms with Crippen LogP contribution in [-0.2, 0) is 10.2 Å². The molecule has 1 heterocycles. The van der Waals surface area contributed by atoms with Crippen LogP contribution in [0.3, 0.4) is 0 Å². The standard InChI is InChI=1S/C20H31N3O3.HI/c1-21-19(22-10-5-11-24-2)23-15-20(8-3-4-9-20)16-6-7-17-18(14-16)26-13-12-25-17;/h6-7,14H,3-5,8-13,15H2,1-2H3,(H2,21,22,23);1H. The van der Waals surface area contributed by atoms with E-state index in [1.807, 2.05) is 7.05 Å². The minimum Gasteiger partial charge on any atom is -0.486 e. The van der Waals surface area contributed by atoms with Gasteiger partial charge in [-0.25, -0.2) is 0 Å². The van der Waals surface area contributed by atoms with Gasteiger partial charge >= 0.3 is 0 Å². The topological polar surface area (TPSA) is 64.1 Å². The maximum absolute atomic E-state index is 5.80. The van der Waals surface area contributed by atoms with Crippen LogP contribution in [0.4, 0.5) is 0 Å².